The zero-order chi connectivity index (χ0) is 13.8. The second-order valence-corrected chi connectivity index (χ2v) is 6.63. The molecule has 2 heterocycles. The molecule has 4 heteroatoms. The van der Waals surface area contributed by atoms with Crippen molar-refractivity contribution in [2.24, 2.45) is 0 Å². The number of aryl methyl sites for hydroxylation is 1. The number of hydrogen-bond acceptors (Lipinski definition) is 3. The molecule has 0 saturated carbocycles. The standard InChI is InChI=1S/C15H24N2OS/c1-4-13-7-8-14(19-13)15(18)17(11(2)3)10-12-6-5-9-16-12/h7-8,11-12,16H,4-6,9-10H2,1-3H3. The van der Waals surface area contributed by atoms with Gasteiger partial charge in [-0.15, -0.1) is 11.3 Å². The fourth-order valence-corrected chi connectivity index (χ4v) is 3.41. The zero-order valence-corrected chi connectivity index (χ0v) is 12.9. The van der Waals surface area contributed by atoms with Gasteiger partial charge in [0, 0.05) is 23.5 Å². The molecule has 1 unspecified atom stereocenters. The Bertz CT molecular complexity index is 422. The lowest BCUT2D eigenvalue weighted by atomic mass is 10.2. The maximum Gasteiger partial charge on any atom is 0.264 e. The van der Waals surface area contributed by atoms with E-state index in [9.17, 15) is 4.79 Å². The maximum atomic E-state index is 12.6. The monoisotopic (exact) mass is 280 g/mol. The van der Waals surface area contributed by atoms with Crippen LogP contribution in [0.4, 0.5) is 0 Å². The topological polar surface area (TPSA) is 32.3 Å². The molecule has 3 nitrogen and oxygen atoms in total. The number of nitrogens with one attached hydrogen (secondary N) is 1. The first-order valence-electron chi connectivity index (χ1n) is 7.25. The highest BCUT2D eigenvalue weighted by Gasteiger charge is 2.25. The first-order valence-corrected chi connectivity index (χ1v) is 8.06. The summed E-state index contributed by atoms with van der Waals surface area (Å²) in [4.78, 5) is 16.8. The van der Waals surface area contributed by atoms with Crippen LogP contribution < -0.4 is 5.32 Å². The van der Waals surface area contributed by atoms with Crippen LogP contribution >= 0.6 is 11.3 Å². The van der Waals surface area contributed by atoms with E-state index in [1.165, 1.54) is 17.7 Å². The van der Waals surface area contributed by atoms with Gasteiger partial charge in [-0.25, -0.2) is 0 Å². The Kier molecular flexibility index (Phi) is 4.99. The zero-order valence-electron chi connectivity index (χ0n) is 12.1. The summed E-state index contributed by atoms with van der Waals surface area (Å²) in [5.74, 6) is 0.188. The van der Waals surface area contributed by atoms with E-state index in [2.05, 4.69) is 32.2 Å². The SMILES string of the molecule is CCc1ccc(C(=O)N(CC2CCCN2)C(C)C)s1. The van der Waals surface area contributed by atoms with Crippen LogP contribution in [0.2, 0.25) is 0 Å². The van der Waals surface area contributed by atoms with Crippen LogP contribution in [0, 0.1) is 0 Å². The molecule has 0 spiro atoms. The molecule has 106 valence electrons. The molecule has 1 atom stereocenters. The summed E-state index contributed by atoms with van der Waals surface area (Å²) in [6.07, 6.45) is 3.41. The number of nitrogens with zero attached hydrogens (tertiary/aromatic N) is 1. The molecular formula is C15H24N2OS. The van der Waals surface area contributed by atoms with Gasteiger partial charge >= 0.3 is 0 Å². The van der Waals surface area contributed by atoms with E-state index in [4.69, 9.17) is 0 Å². The third-order valence-electron chi connectivity index (χ3n) is 3.68. The van der Waals surface area contributed by atoms with Gasteiger partial charge in [0.25, 0.3) is 5.91 Å². The lowest BCUT2D eigenvalue weighted by Crippen LogP contribution is -2.44. The summed E-state index contributed by atoms with van der Waals surface area (Å²) in [7, 11) is 0. The third-order valence-corrected chi connectivity index (χ3v) is 4.90. The van der Waals surface area contributed by atoms with E-state index in [-0.39, 0.29) is 11.9 Å². The minimum atomic E-state index is 0.188. The van der Waals surface area contributed by atoms with E-state index >= 15 is 0 Å². The number of amides is 1. The molecular weight excluding hydrogens is 256 g/mol. The van der Waals surface area contributed by atoms with Crippen molar-refractivity contribution in [1.82, 2.24) is 10.2 Å². The van der Waals surface area contributed by atoms with Gasteiger partial charge in [0.05, 0.1) is 4.88 Å². The Morgan fingerprint density at radius 3 is 2.84 bits per heavy atom. The summed E-state index contributed by atoms with van der Waals surface area (Å²) >= 11 is 1.63. The van der Waals surface area contributed by atoms with Crippen molar-refractivity contribution in [3.8, 4) is 0 Å². The van der Waals surface area contributed by atoms with Crippen molar-refractivity contribution >= 4 is 17.2 Å². The predicted octanol–water partition coefficient (Wildman–Crippen LogP) is 2.91. The number of carbonyl (C=O) groups is 1. The van der Waals surface area contributed by atoms with Gasteiger partial charge < -0.3 is 10.2 Å². The lowest BCUT2D eigenvalue weighted by Gasteiger charge is -2.29. The highest BCUT2D eigenvalue weighted by atomic mass is 32.1. The van der Waals surface area contributed by atoms with Crippen LogP contribution in [0.5, 0.6) is 0 Å². The number of rotatable bonds is 5. The Morgan fingerprint density at radius 1 is 1.53 bits per heavy atom. The Balaban J connectivity index is 2.06. The van der Waals surface area contributed by atoms with E-state index in [0.29, 0.717) is 6.04 Å². The van der Waals surface area contributed by atoms with Gasteiger partial charge in [-0.2, -0.15) is 0 Å². The van der Waals surface area contributed by atoms with Crippen molar-refractivity contribution in [2.45, 2.75) is 52.1 Å². The minimum Gasteiger partial charge on any atom is -0.334 e. The van der Waals surface area contributed by atoms with E-state index in [1.807, 2.05) is 11.0 Å². The summed E-state index contributed by atoms with van der Waals surface area (Å²) in [6.45, 7) is 8.24. The fourth-order valence-electron chi connectivity index (χ4n) is 2.50. The van der Waals surface area contributed by atoms with Crippen LogP contribution in [-0.4, -0.2) is 36.0 Å². The highest BCUT2D eigenvalue weighted by Crippen LogP contribution is 2.20. The fraction of sp³-hybridized carbons (Fsp3) is 0.667. The lowest BCUT2D eigenvalue weighted by molar-refractivity contribution is 0.0694. The van der Waals surface area contributed by atoms with Crippen LogP contribution in [0.25, 0.3) is 0 Å². The average molecular weight is 280 g/mol. The van der Waals surface area contributed by atoms with Crippen LogP contribution in [0.3, 0.4) is 0 Å². The van der Waals surface area contributed by atoms with Crippen molar-refractivity contribution < 1.29 is 4.79 Å². The van der Waals surface area contributed by atoms with Gasteiger partial charge in [0.1, 0.15) is 0 Å². The normalized spacial score (nSPS) is 19.1. The molecule has 1 amide bonds. The molecule has 0 bridgehead atoms. The summed E-state index contributed by atoms with van der Waals surface area (Å²) in [5.41, 5.74) is 0. The van der Waals surface area contributed by atoms with Crippen molar-refractivity contribution in [2.75, 3.05) is 13.1 Å². The second kappa shape index (κ2) is 6.53. The summed E-state index contributed by atoms with van der Waals surface area (Å²) in [5, 5.41) is 3.47. The molecule has 1 aliphatic rings. The maximum absolute atomic E-state index is 12.6. The van der Waals surface area contributed by atoms with Gasteiger partial charge in [-0.05, 0) is 51.8 Å². The quantitative estimate of drug-likeness (QED) is 0.899. The average Bonchev–Trinajstić information content (AvgIpc) is 3.05. The molecule has 1 saturated heterocycles. The predicted molar refractivity (Wildman–Crippen MR) is 80.9 cm³/mol. The largest absolute Gasteiger partial charge is 0.334 e. The summed E-state index contributed by atoms with van der Waals surface area (Å²) in [6, 6.07) is 4.77. The van der Waals surface area contributed by atoms with Crippen molar-refractivity contribution in [1.29, 1.82) is 0 Å². The molecule has 2 rings (SSSR count). The molecule has 0 aliphatic carbocycles. The minimum absolute atomic E-state index is 0.188. The van der Waals surface area contributed by atoms with Gasteiger partial charge in [-0.3, -0.25) is 4.79 Å². The van der Waals surface area contributed by atoms with Crippen molar-refractivity contribution in [3.05, 3.63) is 21.9 Å². The molecule has 1 fully saturated rings. The van der Waals surface area contributed by atoms with Crippen LogP contribution in [-0.2, 0) is 6.42 Å². The molecule has 1 aromatic heterocycles. The van der Waals surface area contributed by atoms with Crippen LogP contribution in [0.1, 0.15) is 48.2 Å². The van der Waals surface area contributed by atoms with Gasteiger partial charge in [0.2, 0.25) is 0 Å². The van der Waals surface area contributed by atoms with Crippen LogP contribution in [0.15, 0.2) is 12.1 Å². The summed E-state index contributed by atoms with van der Waals surface area (Å²) < 4.78 is 0. The van der Waals surface area contributed by atoms with E-state index in [1.54, 1.807) is 11.3 Å². The van der Waals surface area contributed by atoms with Crippen molar-refractivity contribution in [3.63, 3.8) is 0 Å². The number of carbonyl (C=O) groups excluding carboxylic acids is 1. The second-order valence-electron chi connectivity index (χ2n) is 5.46. The first kappa shape index (κ1) is 14.5. The molecule has 0 radical (unpaired) electrons. The van der Waals surface area contributed by atoms with Gasteiger partial charge in [0.15, 0.2) is 0 Å². The Labute approximate surface area is 120 Å². The number of hydrogen-bond donors (Lipinski definition) is 1. The highest BCUT2D eigenvalue weighted by molar-refractivity contribution is 7.14. The molecule has 1 N–H and O–H groups in total. The van der Waals surface area contributed by atoms with E-state index in [0.717, 1.165) is 24.4 Å². The Hall–Kier alpha value is -0.870. The molecule has 1 aromatic rings. The third kappa shape index (κ3) is 3.57. The smallest absolute Gasteiger partial charge is 0.264 e. The molecule has 0 aromatic carbocycles. The Morgan fingerprint density at radius 2 is 2.32 bits per heavy atom. The molecule has 19 heavy (non-hydrogen) atoms. The molecule has 1 aliphatic heterocycles. The van der Waals surface area contributed by atoms with E-state index < -0.39 is 0 Å². The first-order chi connectivity index (χ1) is 9.11. The number of thiophene rings is 1. The van der Waals surface area contributed by atoms with Gasteiger partial charge in [-0.1, -0.05) is 6.92 Å².